The van der Waals surface area contributed by atoms with Gasteiger partial charge in [0.25, 0.3) is 0 Å². The fourth-order valence-corrected chi connectivity index (χ4v) is 4.56. The lowest BCUT2D eigenvalue weighted by Gasteiger charge is -2.18. The van der Waals surface area contributed by atoms with Crippen LogP contribution >= 0.6 is 23.1 Å². The third-order valence-electron chi connectivity index (χ3n) is 4.18. The number of aryl methyl sites for hydroxylation is 1. The van der Waals surface area contributed by atoms with Crippen molar-refractivity contribution in [3.8, 4) is 11.5 Å². The van der Waals surface area contributed by atoms with Gasteiger partial charge in [0.05, 0.1) is 12.1 Å². The highest BCUT2D eigenvalue weighted by atomic mass is 32.2. The van der Waals surface area contributed by atoms with Gasteiger partial charge in [-0.25, -0.2) is 4.98 Å². The van der Waals surface area contributed by atoms with Crippen LogP contribution in [-0.4, -0.2) is 24.1 Å². The van der Waals surface area contributed by atoms with Crippen molar-refractivity contribution in [1.82, 2.24) is 4.98 Å². The third-order valence-corrected chi connectivity index (χ3v) is 6.32. The Morgan fingerprint density at radius 2 is 1.93 bits per heavy atom. The number of rotatable bonds is 6. The predicted octanol–water partition coefficient (Wildman–Crippen LogP) is 4.70. The zero-order valence-electron chi connectivity index (χ0n) is 15.4. The molecule has 5 nitrogen and oxygen atoms in total. The number of fused-ring (bicyclic) bond motifs is 1. The fraction of sp³-hybridized carbons (Fsp3) is 0.238. The van der Waals surface area contributed by atoms with Gasteiger partial charge < -0.3 is 14.8 Å². The molecular weight excluding hydrogens is 392 g/mol. The summed E-state index contributed by atoms with van der Waals surface area (Å²) in [5, 5.41) is 4.84. The number of carbonyl (C=O) groups is 1. The number of benzene rings is 2. The van der Waals surface area contributed by atoms with Crippen LogP contribution in [0.3, 0.4) is 0 Å². The largest absolute Gasteiger partial charge is 0.486 e. The molecule has 3 aromatic rings. The zero-order chi connectivity index (χ0) is 19.3. The highest BCUT2D eigenvalue weighted by Gasteiger charge is 2.14. The molecule has 4 rings (SSSR count). The van der Waals surface area contributed by atoms with E-state index in [0.29, 0.717) is 30.4 Å². The van der Waals surface area contributed by atoms with Gasteiger partial charge in [0.1, 0.15) is 17.6 Å². The summed E-state index contributed by atoms with van der Waals surface area (Å²) in [6, 6.07) is 13.9. The summed E-state index contributed by atoms with van der Waals surface area (Å²) in [5.74, 6) is 2.14. The Hall–Kier alpha value is -2.51. The van der Waals surface area contributed by atoms with E-state index in [1.165, 1.54) is 11.1 Å². The highest BCUT2D eigenvalue weighted by Crippen LogP contribution is 2.32. The van der Waals surface area contributed by atoms with E-state index in [2.05, 4.69) is 41.5 Å². The number of thioether (sulfide) groups is 1. The standard InChI is InChI=1S/C21H20N2O3S2/c1-14-2-4-15(5-3-14)12-27-21-23-17(13-28-21)11-20(24)22-16-6-7-18-19(10-16)26-9-8-25-18/h2-7,10,13H,8-9,11-12H2,1H3,(H,22,24). The lowest BCUT2D eigenvalue weighted by Crippen LogP contribution is -2.17. The zero-order valence-corrected chi connectivity index (χ0v) is 17.1. The second kappa shape index (κ2) is 8.67. The molecule has 0 atom stereocenters. The van der Waals surface area contributed by atoms with Gasteiger partial charge in [0, 0.05) is 22.9 Å². The molecule has 0 aliphatic carbocycles. The minimum atomic E-state index is -0.0999. The van der Waals surface area contributed by atoms with Gasteiger partial charge in [-0.1, -0.05) is 41.6 Å². The molecule has 144 valence electrons. The van der Waals surface area contributed by atoms with Crippen LogP contribution in [0.2, 0.25) is 0 Å². The number of hydrogen-bond acceptors (Lipinski definition) is 6. The number of anilines is 1. The van der Waals surface area contributed by atoms with E-state index in [4.69, 9.17) is 9.47 Å². The number of ether oxygens (including phenoxy) is 2. The fourth-order valence-electron chi connectivity index (χ4n) is 2.76. The number of carbonyl (C=O) groups excluding carboxylic acids is 1. The van der Waals surface area contributed by atoms with Crippen LogP contribution in [-0.2, 0) is 17.0 Å². The van der Waals surface area contributed by atoms with Crippen LogP contribution in [0.4, 0.5) is 5.69 Å². The number of nitrogens with one attached hydrogen (secondary N) is 1. The second-order valence-electron chi connectivity index (χ2n) is 6.46. The Morgan fingerprint density at radius 3 is 2.75 bits per heavy atom. The van der Waals surface area contributed by atoms with Crippen molar-refractivity contribution >= 4 is 34.7 Å². The number of nitrogens with zero attached hydrogens (tertiary/aromatic N) is 1. The van der Waals surface area contributed by atoms with Crippen molar-refractivity contribution in [2.45, 2.75) is 23.4 Å². The normalized spacial score (nSPS) is 12.6. The van der Waals surface area contributed by atoms with Crippen LogP contribution in [0.25, 0.3) is 0 Å². The van der Waals surface area contributed by atoms with Crippen LogP contribution in [0, 0.1) is 6.92 Å². The maximum absolute atomic E-state index is 12.3. The molecule has 1 N–H and O–H groups in total. The maximum Gasteiger partial charge on any atom is 0.230 e. The van der Waals surface area contributed by atoms with E-state index >= 15 is 0 Å². The first-order valence-electron chi connectivity index (χ1n) is 8.98. The van der Waals surface area contributed by atoms with Gasteiger partial charge in [0.2, 0.25) is 5.91 Å². The maximum atomic E-state index is 12.3. The van der Waals surface area contributed by atoms with E-state index < -0.39 is 0 Å². The first kappa shape index (κ1) is 18.8. The summed E-state index contributed by atoms with van der Waals surface area (Å²) in [4.78, 5) is 16.9. The average Bonchev–Trinajstić information content (AvgIpc) is 3.14. The Bertz CT molecular complexity index is 970. The van der Waals surface area contributed by atoms with Gasteiger partial charge in [-0.3, -0.25) is 4.79 Å². The molecule has 0 bridgehead atoms. The van der Waals surface area contributed by atoms with E-state index in [1.807, 2.05) is 17.5 Å². The molecule has 1 aliphatic heterocycles. The lowest BCUT2D eigenvalue weighted by atomic mass is 10.2. The number of hydrogen-bond donors (Lipinski definition) is 1. The summed E-state index contributed by atoms with van der Waals surface area (Å²) < 4.78 is 12.0. The van der Waals surface area contributed by atoms with Crippen molar-refractivity contribution < 1.29 is 14.3 Å². The SMILES string of the molecule is Cc1ccc(CSc2nc(CC(=O)Nc3ccc4c(c3)OCCO4)cs2)cc1. The minimum absolute atomic E-state index is 0.0999. The second-order valence-corrected chi connectivity index (χ2v) is 8.54. The number of thiazole rings is 1. The topological polar surface area (TPSA) is 60.5 Å². The monoisotopic (exact) mass is 412 g/mol. The Kier molecular flexibility index (Phi) is 5.83. The third kappa shape index (κ3) is 4.85. The van der Waals surface area contributed by atoms with Crippen molar-refractivity contribution in [1.29, 1.82) is 0 Å². The number of amides is 1. The molecule has 1 aromatic heterocycles. The minimum Gasteiger partial charge on any atom is -0.486 e. The average molecular weight is 413 g/mol. The van der Waals surface area contributed by atoms with Crippen molar-refractivity contribution in [2.75, 3.05) is 18.5 Å². The van der Waals surface area contributed by atoms with Gasteiger partial charge in [-0.05, 0) is 24.6 Å². The van der Waals surface area contributed by atoms with Gasteiger partial charge >= 0.3 is 0 Å². The molecule has 28 heavy (non-hydrogen) atoms. The predicted molar refractivity (Wildman–Crippen MR) is 113 cm³/mol. The smallest absolute Gasteiger partial charge is 0.230 e. The summed E-state index contributed by atoms with van der Waals surface area (Å²) in [6.07, 6.45) is 0.246. The molecule has 7 heteroatoms. The summed E-state index contributed by atoms with van der Waals surface area (Å²) in [5.41, 5.74) is 4.00. The Labute approximate surface area is 172 Å². The number of aromatic nitrogens is 1. The highest BCUT2D eigenvalue weighted by molar-refractivity contribution is 8.00. The molecular formula is C21H20N2O3S2. The van der Waals surface area contributed by atoms with Crippen LogP contribution in [0.5, 0.6) is 11.5 Å². The lowest BCUT2D eigenvalue weighted by molar-refractivity contribution is -0.115. The van der Waals surface area contributed by atoms with E-state index in [9.17, 15) is 4.79 Å². The van der Waals surface area contributed by atoms with Gasteiger partial charge in [0.15, 0.2) is 11.5 Å². The van der Waals surface area contributed by atoms with Crippen LogP contribution in [0.15, 0.2) is 52.2 Å². The van der Waals surface area contributed by atoms with E-state index in [1.54, 1.807) is 29.2 Å². The first-order chi connectivity index (χ1) is 13.7. The summed E-state index contributed by atoms with van der Waals surface area (Å²) >= 11 is 3.27. The van der Waals surface area contributed by atoms with Gasteiger partial charge in [-0.2, -0.15) is 0 Å². The van der Waals surface area contributed by atoms with Crippen molar-refractivity contribution in [3.63, 3.8) is 0 Å². The first-order valence-corrected chi connectivity index (χ1v) is 10.8. The quantitative estimate of drug-likeness (QED) is 0.595. The molecule has 0 fully saturated rings. The Morgan fingerprint density at radius 1 is 1.14 bits per heavy atom. The summed E-state index contributed by atoms with van der Waals surface area (Å²) in [6.45, 7) is 3.15. The molecule has 2 heterocycles. The summed E-state index contributed by atoms with van der Waals surface area (Å²) in [7, 11) is 0. The van der Waals surface area contributed by atoms with Crippen LogP contribution < -0.4 is 14.8 Å². The molecule has 1 aliphatic rings. The van der Waals surface area contributed by atoms with Crippen molar-refractivity contribution in [2.24, 2.45) is 0 Å². The van der Waals surface area contributed by atoms with Crippen molar-refractivity contribution in [3.05, 3.63) is 64.7 Å². The molecule has 0 spiro atoms. The molecule has 2 aromatic carbocycles. The van der Waals surface area contributed by atoms with E-state index in [0.717, 1.165) is 15.8 Å². The van der Waals surface area contributed by atoms with Gasteiger partial charge in [-0.15, -0.1) is 11.3 Å². The molecule has 1 amide bonds. The van der Waals surface area contributed by atoms with E-state index in [-0.39, 0.29) is 12.3 Å². The molecule has 0 saturated carbocycles. The molecule has 0 unspecified atom stereocenters. The van der Waals surface area contributed by atoms with Crippen LogP contribution in [0.1, 0.15) is 16.8 Å². The Balaban J connectivity index is 1.30. The molecule has 0 saturated heterocycles. The molecule has 0 radical (unpaired) electrons.